The molecule has 0 radical (unpaired) electrons. The Morgan fingerprint density at radius 1 is 1.30 bits per heavy atom. The van der Waals surface area contributed by atoms with Gasteiger partial charge in [-0.3, -0.25) is 0 Å². The Bertz CT molecular complexity index is 99.8. The van der Waals surface area contributed by atoms with E-state index in [9.17, 15) is 0 Å². The summed E-state index contributed by atoms with van der Waals surface area (Å²) in [6.07, 6.45) is 2.61. The topological polar surface area (TPSA) is 18.5 Å². The van der Waals surface area contributed by atoms with E-state index in [1.54, 1.807) is 7.11 Å². The van der Waals surface area contributed by atoms with E-state index < -0.39 is 8.56 Å². The summed E-state index contributed by atoms with van der Waals surface area (Å²) in [6, 6.07) is 2.41. The van der Waals surface area contributed by atoms with Gasteiger partial charge in [0.25, 0.3) is 0 Å². The summed E-state index contributed by atoms with van der Waals surface area (Å²) < 4.78 is 11.1. The normalized spacial score (nSPS) is 23.4. The van der Waals surface area contributed by atoms with E-state index in [0.717, 1.165) is 6.61 Å². The minimum absolute atomic E-state index is 0.820. The second-order valence-corrected chi connectivity index (χ2v) is 6.27. The van der Waals surface area contributed by atoms with Gasteiger partial charge in [-0.1, -0.05) is 12.8 Å². The number of rotatable bonds is 3. The molecule has 10 heavy (non-hydrogen) atoms. The molecule has 0 aromatic carbocycles. The molecule has 0 N–H and O–H groups in total. The minimum Gasteiger partial charge on any atom is -0.398 e. The molecule has 0 bridgehead atoms. The summed E-state index contributed by atoms with van der Waals surface area (Å²) in [4.78, 5) is 0. The second-order valence-electron chi connectivity index (χ2n) is 2.75. The Kier molecular flexibility index (Phi) is 2.89. The molecule has 0 unspecified atom stereocenters. The van der Waals surface area contributed by atoms with Crippen LogP contribution in [0.4, 0.5) is 0 Å². The largest absolute Gasteiger partial charge is 0.398 e. The van der Waals surface area contributed by atoms with Gasteiger partial charge in [-0.25, -0.2) is 0 Å². The minimum atomic E-state index is -1.61. The first kappa shape index (κ1) is 8.24. The zero-order valence-corrected chi connectivity index (χ0v) is 7.85. The second kappa shape index (κ2) is 3.51. The third kappa shape index (κ3) is 1.59. The molecule has 0 atom stereocenters. The molecule has 0 spiro atoms. The number of hydrogen-bond donors (Lipinski definition) is 0. The Balaban J connectivity index is 2.41. The predicted octanol–water partition coefficient (Wildman–Crippen LogP) is 1.91. The van der Waals surface area contributed by atoms with Gasteiger partial charge in [0.1, 0.15) is 0 Å². The lowest BCUT2D eigenvalue weighted by atomic mass is 10.4. The van der Waals surface area contributed by atoms with Gasteiger partial charge in [0.2, 0.25) is 0 Å². The third-order valence-electron chi connectivity index (χ3n) is 2.14. The van der Waals surface area contributed by atoms with Crippen molar-refractivity contribution in [1.82, 2.24) is 0 Å². The van der Waals surface area contributed by atoms with Crippen molar-refractivity contribution in [2.45, 2.75) is 31.9 Å². The quantitative estimate of drug-likeness (QED) is 0.587. The molecule has 60 valence electrons. The molecule has 1 aliphatic rings. The van der Waals surface area contributed by atoms with Gasteiger partial charge < -0.3 is 8.85 Å². The van der Waals surface area contributed by atoms with Gasteiger partial charge in [-0.05, 0) is 19.0 Å². The van der Waals surface area contributed by atoms with Crippen LogP contribution in [-0.4, -0.2) is 22.3 Å². The summed E-state index contributed by atoms with van der Waals surface area (Å²) in [7, 11) is 0.193. The molecule has 1 saturated heterocycles. The molecule has 1 fully saturated rings. The molecule has 3 heteroatoms. The van der Waals surface area contributed by atoms with Gasteiger partial charge >= 0.3 is 8.56 Å². The molecule has 0 saturated carbocycles. The molecular formula is C7H16O2Si. The summed E-state index contributed by atoms with van der Waals surface area (Å²) >= 11 is 0. The number of hydrogen-bond acceptors (Lipinski definition) is 2. The lowest BCUT2D eigenvalue weighted by Crippen LogP contribution is -2.37. The van der Waals surface area contributed by atoms with E-state index in [2.05, 4.69) is 0 Å². The van der Waals surface area contributed by atoms with Gasteiger partial charge in [-0.15, -0.1) is 0 Å². The fraction of sp³-hybridized carbons (Fsp3) is 1.00. The Hall–Kier alpha value is 0.137. The van der Waals surface area contributed by atoms with Crippen LogP contribution < -0.4 is 0 Å². The van der Waals surface area contributed by atoms with Crippen molar-refractivity contribution in [3.8, 4) is 0 Å². The first-order chi connectivity index (χ1) is 4.83. The van der Waals surface area contributed by atoms with Crippen LogP contribution >= 0.6 is 0 Å². The van der Waals surface area contributed by atoms with Crippen molar-refractivity contribution in [2.75, 3.05) is 13.7 Å². The smallest absolute Gasteiger partial charge is 0.337 e. The highest BCUT2D eigenvalue weighted by molar-refractivity contribution is 6.68. The van der Waals surface area contributed by atoms with Gasteiger partial charge in [0, 0.05) is 13.7 Å². The molecule has 0 aliphatic carbocycles. The van der Waals surface area contributed by atoms with Gasteiger partial charge in [0.15, 0.2) is 0 Å². The van der Waals surface area contributed by atoms with Crippen LogP contribution in [0.25, 0.3) is 0 Å². The predicted molar refractivity (Wildman–Crippen MR) is 43.2 cm³/mol. The maximum atomic E-state index is 5.66. The SMILES string of the molecule is CCO[Si]1(OC)CCCC1. The molecule has 0 aromatic rings. The van der Waals surface area contributed by atoms with Crippen molar-refractivity contribution < 1.29 is 8.85 Å². The van der Waals surface area contributed by atoms with E-state index in [4.69, 9.17) is 8.85 Å². The highest BCUT2D eigenvalue weighted by atomic mass is 28.4. The van der Waals surface area contributed by atoms with Crippen LogP contribution in [0, 0.1) is 0 Å². The maximum Gasteiger partial charge on any atom is 0.337 e. The first-order valence-electron chi connectivity index (χ1n) is 4.02. The summed E-state index contributed by atoms with van der Waals surface area (Å²) in [5.74, 6) is 0. The van der Waals surface area contributed by atoms with E-state index in [1.807, 2.05) is 6.92 Å². The lowest BCUT2D eigenvalue weighted by Gasteiger charge is -2.22. The van der Waals surface area contributed by atoms with Crippen LogP contribution in [0.1, 0.15) is 19.8 Å². The van der Waals surface area contributed by atoms with Gasteiger partial charge in [0.05, 0.1) is 0 Å². The molecule has 1 rings (SSSR count). The van der Waals surface area contributed by atoms with Crippen molar-refractivity contribution in [1.29, 1.82) is 0 Å². The van der Waals surface area contributed by atoms with Crippen LogP contribution in [-0.2, 0) is 8.85 Å². The van der Waals surface area contributed by atoms with Crippen molar-refractivity contribution >= 4 is 8.56 Å². The molecular weight excluding hydrogens is 144 g/mol. The molecule has 1 heterocycles. The Morgan fingerprint density at radius 3 is 2.30 bits per heavy atom. The van der Waals surface area contributed by atoms with E-state index in [0.29, 0.717) is 0 Å². The third-order valence-corrected chi connectivity index (χ3v) is 5.93. The average Bonchev–Trinajstić information content (AvgIpc) is 2.39. The fourth-order valence-electron chi connectivity index (χ4n) is 1.58. The maximum absolute atomic E-state index is 5.66. The van der Waals surface area contributed by atoms with Crippen molar-refractivity contribution in [3.05, 3.63) is 0 Å². The van der Waals surface area contributed by atoms with E-state index in [1.165, 1.54) is 24.9 Å². The lowest BCUT2D eigenvalue weighted by molar-refractivity contribution is 0.215. The summed E-state index contributed by atoms with van der Waals surface area (Å²) in [6.45, 7) is 2.87. The van der Waals surface area contributed by atoms with E-state index in [-0.39, 0.29) is 0 Å². The van der Waals surface area contributed by atoms with Crippen LogP contribution in [0.5, 0.6) is 0 Å². The average molecular weight is 160 g/mol. The Morgan fingerprint density at radius 2 is 1.90 bits per heavy atom. The van der Waals surface area contributed by atoms with E-state index >= 15 is 0 Å². The zero-order chi connectivity index (χ0) is 7.45. The van der Waals surface area contributed by atoms with Gasteiger partial charge in [-0.2, -0.15) is 0 Å². The summed E-state index contributed by atoms with van der Waals surface area (Å²) in [5.41, 5.74) is 0. The highest BCUT2D eigenvalue weighted by Crippen LogP contribution is 2.30. The van der Waals surface area contributed by atoms with Crippen LogP contribution in [0.15, 0.2) is 0 Å². The van der Waals surface area contributed by atoms with Crippen molar-refractivity contribution in [3.63, 3.8) is 0 Å². The molecule has 0 amide bonds. The van der Waals surface area contributed by atoms with Crippen LogP contribution in [0.3, 0.4) is 0 Å². The monoisotopic (exact) mass is 160 g/mol. The first-order valence-corrected chi connectivity index (χ1v) is 6.25. The Labute approximate surface area is 63.8 Å². The standard InChI is InChI=1S/C7H16O2Si/c1-3-9-10(8-2)6-4-5-7-10/h3-7H2,1-2H3. The zero-order valence-electron chi connectivity index (χ0n) is 6.85. The molecule has 1 aliphatic heterocycles. The van der Waals surface area contributed by atoms with Crippen molar-refractivity contribution in [2.24, 2.45) is 0 Å². The highest BCUT2D eigenvalue weighted by Gasteiger charge is 2.39. The molecule has 2 nitrogen and oxygen atoms in total. The molecule has 0 aromatic heterocycles. The fourth-order valence-corrected chi connectivity index (χ4v) is 4.75. The van der Waals surface area contributed by atoms with Crippen LogP contribution in [0.2, 0.25) is 12.1 Å². The summed E-state index contributed by atoms with van der Waals surface area (Å²) in [5, 5.41) is 0.